The summed E-state index contributed by atoms with van der Waals surface area (Å²) in [7, 11) is 1.64. The van der Waals surface area contributed by atoms with Gasteiger partial charge in [0.25, 0.3) is 0 Å². The predicted molar refractivity (Wildman–Crippen MR) is 81.0 cm³/mol. The van der Waals surface area contributed by atoms with E-state index in [1.54, 1.807) is 13.2 Å². The van der Waals surface area contributed by atoms with Gasteiger partial charge < -0.3 is 15.2 Å². The van der Waals surface area contributed by atoms with Crippen molar-refractivity contribution in [2.24, 2.45) is 0 Å². The lowest BCUT2D eigenvalue weighted by Crippen LogP contribution is -1.93. The van der Waals surface area contributed by atoms with E-state index in [2.05, 4.69) is 22.9 Å². The number of rotatable bonds is 4. The van der Waals surface area contributed by atoms with Crippen molar-refractivity contribution < 1.29 is 9.47 Å². The highest BCUT2D eigenvalue weighted by molar-refractivity contribution is 9.10. The lowest BCUT2D eigenvalue weighted by atomic mass is 10.1. The number of hydrogen-bond donors (Lipinski definition) is 1. The van der Waals surface area contributed by atoms with Crippen LogP contribution in [0.3, 0.4) is 0 Å². The van der Waals surface area contributed by atoms with E-state index < -0.39 is 0 Å². The third-order valence-electron chi connectivity index (χ3n) is 2.81. The molecule has 0 saturated carbocycles. The highest BCUT2D eigenvalue weighted by atomic mass is 79.9. The van der Waals surface area contributed by atoms with Gasteiger partial charge in [0.05, 0.1) is 11.6 Å². The molecule has 3 nitrogen and oxygen atoms in total. The summed E-state index contributed by atoms with van der Waals surface area (Å²) < 4.78 is 12.0. The van der Waals surface area contributed by atoms with Gasteiger partial charge in [-0.15, -0.1) is 0 Å². The van der Waals surface area contributed by atoms with Crippen LogP contribution in [-0.4, -0.2) is 7.11 Å². The standard InChI is InChI=1S/C15H16BrNO2/c1-3-10-4-6-14(15(8-10)18-2)19-13-7-5-11(17)9-12(13)16/h4-9H,3,17H2,1-2H3. The van der Waals surface area contributed by atoms with Gasteiger partial charge in [-0.3, -0.25) is 0 Å². The molecule has 0 fully saturated rings. The molecule has 100 valence electrons. The number of hydrogen-bond acceptors (Lipinski definition) is 3. The first kappa shape index (κ1) is 13.7. The summed E-state index contributed by atoms with van der Waals surface area (Å²) in [5, 5.41) is 0. The zero-order chi connectivity index (χ0) is 13.8. The molecule has 0 spiro atoms. The Morgan fingerprint density at radius 2 is 1.79 bits per heavy atom. The molecule has 19 heavy (non-hydrogen) atoms. The number of ether oxygens (including phenoxy) is 2. The van der Waals surface area contributed by atoms with Gasteiger partial charge in [0.15, 0.2) is 11.5 Å². The van der Waals surface area contributed by atoms with Crippen molar-refractivity contribution in [1.82, 2.24) is 0 Å². The third kappa shape index (κ3) is 3.20. The number of methoxy groups -OCH3 is 1. The smallest absolute Gasteiger partial charge is 0.169 e. The van der Waals surface area contributed by atoms with Crippen LogP contribution in [0.4, 0.5) is 5.69 Å². The van der Waals surface area contributed by atoms with Gasteiger partial charge in [-0.05, 0) is 58.2 Å². The lowest BCUT2D eigenvalue weighted by Gasteiger charge is -2.12. The minimum Gasteiger partial charge on any atom is -0.493 e. The molecule has 0 atom stereocenters. The molecule has 2 aromatic rings. The summed E-state index contributed by atoms with van der Waals surface area (Å²) in [5.74, 6) is 2.12. The Balaban J connectivity index is 2.32. The Labute approximate surface area is 121 Å². The first-order chi connectivity index (χ1) is 9.13. The number of nitrogen functional groups attached to an aromatic ring is 1. The van der Waals surface area contributed by atoms with Gasteiger partial charge in [0.1, 0.15) is 5.75 Å². The Morgan fingerprint density at radius 3 is 2.42 bits per heavy atom. The highest BCUT2D eigenvalue weighted by Crippen LogP contribution is 2.36. The zero-order valence-electron chi connectivity index (χ0n) is 10.9. The zero-order valence-corrected chi connectivity index (χ0v) is 12.5. The van der Waals surface area contributed by atoms with Crippen LogP contribution in [0.1, 0.15) is 12.5 Å². The molecule has 0 aliphatic heterocycles. The molecule has 0 aliphatic rings. The average molecular weight is 322 g/mol. The summed E-state index contributed by atoms with van der Waals surface area (Å²) in [4.78, 5) is 0. The minimum atomic E-state index is 0.685. The maximum Gasteiger partial charge on any atom is 0.169 e. The fourth-order valence-electron chi connectivity index (χ4n) is 1.73. The summed E-state index contributed by atoms with van der Waals surface area (Å²) in [6, 6.07) is 11.4. The minimum absolute atomic E-state index is 0.685. The summed E-state index contributed by atoms with van der Waals surface area (Å²) in [6.07, 6.45) is 0.961. The van der Waals surface area contributed by atoms with Gasteiger partial charge in [0, 0.05) is 5.69 Å². The summed E-state index contributed by atoms with van der Waals surface area (Å²) in [6.45, 7) is 2.10. The second-order valence-electron chi connectivity index (χ2n) is 4.13. The quantitative estimate of drug-likeness (QED) is 0.849. The topological polar surface area (TPSA) is 44.5 Å². The molecule has 0 saturated heterocycles. The number of anilines is 1. The Bertz CT molecular complexity index is 584. The third-order valence-corrected chi connectivity index (χ3v) is 3.43. The van der Waals surface area contributed by atoms with Gasteiger partial charge in [-0.1, -0.05) is 13.0 Å². The van der Waals surface area contributed by atoms with E-state index in [0.717, 1.165) is 16.6 Å². The largest absolute Gasteiger partial charge is 0.493 e. The van der Waals surface area contributed by atoms with Crippen LogP contribution in [0.15, 0.2) is 40.9 Å². The predicted octanol–water partition coefficient (Wildman–Crippen LogP) is 4.39. The van der Waals surface area contributed by atoms with Crippen LogP contribution < -0.4 is 15.2 Å². The molecular weight excluding hydrogens is 306 g/mol. The van der Waals surface area contributed by atoms with Gasteiger partial charge in [-0.2, -0.15) is 0 Å². The molecule has 2 N–H and O–H groups in total. The van der Waals surface area contributed by atoms with E-state index in [1.807, 2.05) is 30.3 Å². The highest BCUT2D eigenvalue weighted by Gasteiger charge is 2.09. The molecule has 4 heteroatoms. The maximum atomic E-state index is 5.86. The molecule has 2 aromatic carbocycles. The Morgan fingerprint density at radius 1 is 1.05 bits per heavy atom. The van der Waals surface area contributed by atoms with Crippen molar-refractivity contribution in [2.75, 3.05) is 12.8 Å². The molecule has 0 aromatic heterocycles. The van der Waals surface area contributed by atoms with Crippen molar-refractivity contribution in [1.29, 1.82) is 0 Å². The van der Waals surface area contributed by atoms with E-state index >= 15 is 0 Å². The van der Waals surface area contributed by atoms with Crippen LogP contribution >= 0.6 is 15.9 Å². The molecule has 0 radical (unpaired) electrons. The van der Waals surface area contributed by atoms with E-state index in [1.165, 1.54) is 5.56 Å². The maximum absolute atomic E-state index is 5.86. The molecule has 0 amide bonds. The van der Waals surface area contributed by atoms with E-state index in [9.17, 15) is 0 Å². The van der Waals surface area contributed by atoms with Gasteiger partial charge in [-0.25, -0.2) is 0 Å². The van der Waals surface area contributed by atoms with Crippen molar-refractivity contribution in [3.63, 3.8) is 0 Å². The number of halogens is 1. The molecule has 0 unspecified atom stereocenters. The van der Waals surface area contributed by atoms with Crippen molar-refractivity contribution in [3.8, 4) is 17.2 Å². The Kier molecular flexibility index (Phi) is 4.32. The molecule has 0 bridgehead atoms. The fraction of sp³-hybridized carbons (Fsp3) is 0.200. The first-order valence-corrected chi connectivity index (χ1v) is 6.83. The van der Waals surface area contributed by atoms with E-state index in [0.29, 0.717) is 17.2 Å². The SMILES string of the molecule is CCc1ccc(Oc2ccc(N)cc2Br)c(OC)c1. The number of nitrogens with two attached hydrogens (primary N) is 1. The lowest BCUT2D eigenvalue weighted by molar-refractivity contribution is 0.377. The molecule has 2 rings (SSSR count). The van der Waals surface area contributed by atoms with Crippen LogP contribution in [0.2, 0.25) is 0 Å². The molecular formula is C15H16BrNO2. The Hall–Kier alpha value is -1.68. The van der Waals surface area contributed by atoms with Crippen LogP contribution in [0.25, 0.3) is 0 Å². The van der Waals surface area contributed by atoms with Crippen LogP contribution in [0, 0.1) is 0 Å². The monoisotopic (exact) mass is 321 g/mol. The average Bonchev–Trinajstić information content (AvgIpc) is 2.42. The van der Waals surface area contributed by atoms with E-state index in [4.69, 9.17) is 15.2 Å². The molecule has 0 aliphatic carbocycles. The van der Waals surface area contributed by atoms with Gasteiger partial charge >= 0.3 is 0 Å². The second-order valence-corrected chi connectivity index (χ2v) is 4.99. The number of benzene rings is 2. The molecule has 0 heterocycles. The fourth-order valence-corrected chi connectivity index (χ4v) is 2.21. The van der Waals surface area contributed by atoms with E-state index in [-0.39, 0.29) is 0 Å². The van der Waals surface area contributed by atoms with Crippen LogP contribution in [-0.2, 0) is 6.42 Å². The summed E-state index contributed by atoms with van der Waals surface area (Å²) >= 11 is 3.43. The van der Waals surface area contributed by atoms with Crippen molar-refractivity contribution >= 4 is 21.6 Å². The summed E-state index contributed by atoms with van der Waals surface area (Å²) in [5.41, 5.74) is 7.60. The van der Waals surface area contributed by atoms with Crippen molar-refractivity contribution in [2.45, 2.75) is 13.3 Å². The second kappa shape index (κ2) is 5.97. The van der Waals surface area contributed by atoms with Crippen LogP contribution in [0.5, 0.6) is 17.2 Å². The van der Waals surface area contributed by atoms with Gasteiger partial charge in [0.2, 0.25) is 0 Å². The number of aryl methyl sites for hydroxylation is 1. The van der Waals surface area contributed by atoms with Crippen molar-refractivity contribution in [3.05, 3.63) is 46.4 Å². The normalized spacial score (nSPS) is 10.3. The first-order valence-electron chi connectivity index (χ1n) is 6.04.